The van der Waals surface area contributed by atoms with Gasteiger partial charge in [-0.15, -0.1) is 0 Å². The van der Waals surface area contributed by atoms with Crippen LogP contribution in [-0.4, -0.2) is 9.97 Å². The molecule has 0 unspecified atom stereocenters. The molecule has 0 bridgehead atoms. The molecule has 6 aromatic rings. The van der Waals surface area contributed by atoms with Crippen LogP contribution in [-0.2, 0) is 0 Å². The normalized spacial score (nSPS) is 11.8. The lowest BCUT2D eigenvalue weighted by Gasteiger charge is -2.05. The van der Waals surface area contributed by atoms with Gasteiger partial charge in [-0.05, 0) is 29.0 Å². The Labute approximate surface area is 148 Å². The number of rotatable bonds is 1. The second kappa shape index (κ2) is 4.96. The summed E-state index contributed by atoms with van der Waals surface area (Å²) in [6.07, 6.45) is 3.64. The monoisotopic (exact) mass is 334 g/mol. The zero-order chi connectivity index (χ0) is 17.1. The summed E-state index contributed by atoms with van der Waals surface area (Å²) in [5, 5.41) is 5.96. The summed E-state index contributed by atoms with van der Waals surface area (Å²) in [5.41, 5.74) is 5.00. The Balaban J connectivity index is 1.91. The van der Waals surface area contributed by atoms with Crippen LogP contribution in [0.15, 0.2) is 83.6 Å². The van der Waals surface area contributed by atoms with Gasteiger partial charge in [0, 0.05) is 33.4 Å². The van der Waals surface area contributed by atoms with Crippen molar-refractivity contribution in [2.75, 3.05) is 0 Å². The molecule has 0 aliphatic carbocycles. The molecular formula is C23H14N2O. The number of hydrogen-bond acceptors (Lipinski definition) is 2. The highest BCUT2D eigenvalue weighted by molar-refractivity contribution is 6.32. The first kappa shape index (κ1) is 13.7. The first-order chi connectivity index (χ1) is 12.9. The summed E-state index contributed by atoms with van der Waals surface area (Å²) >= 11 is 0. The Morgan fingerprint density at radius 3 is 2.27 bits per heavy atom. The molecule has 0 saturated carbocycles. The Bertz CT molecular complexity index is 1420. The van der Waals surface area contributed by atoms with Gasteiger partial charge in [-0.1, -0.05) is 48.5 Å². The maximum Gasteiger partial charge on any atom is 0.159 e. The lowest BCUT2D eigenvalue weighted by atomic mass is 9.97. The molecule has 0 aliphatic rings. The number of pyridine rings is 1. The maximum absolute atomic E-state index is 6.08. The van der Waals surface area contributed by atoms with E-state index in [0.29, 0.717) is 0 Å². The third-order valence-corrected chi connectivity index (χ3v) is 5.13. The van der Waals surface area contributed by atoms with Gasteiger partial charge >= 0.3 is 0 Å². The third kappa shape index (κ3) is 1.69. The van der Waals surface area contributed by atoms with Gasteiger partial charge in [0.05, 0.1) is 11.2 Å². The van der Waals surface area contributed by atoms with Crippen LogP contribution in [0.3, 0.4) is 0 Å². The van der Waals surface area contributed by atoms with E-state index >= 15 is 0 Å². The van der Waals surface area contributed by atoms with Crippen molar-refractivity contribution in [3.63, 3.8) is 0 Å². The van der Waals surface area contributed by atoms with Gasteiger partial charge in [0.1, 0.15) is 6.26 Å². The third-order valence-electron chi connectivity index (χ3n) is 5.13. The van der Waals surface area contributed by atoms with Gasteiger partial charge in [-0.3, -0.25) is 4.98 Å². The average molecular weight is 334 g/mol. The van der Waals surface area contributed by atoms with Crippen molar-refractivity contribution < 1.29 is 4.42 Å². The highest BCUT2D eigenvalue weighted by Crippen LogP contribution is 2.43. The van der Waals surface area contributed by atoms with Gasteiger partial charge in [0.2, 0.25) is 0 Å². The van der Waals surface area contributed by atoms with E-state index in [-0.39, 0.29) is 0 Å². The number of fused-ring (bicyclic) bond motifs is 8. The van der Waals surface area contributed by atoms with Crippen LogP contribution in [0.5, 0.6) is 0 Å². The molecule has 3 heteroatoms. The molecule has 6 rings (SSSR count). The summed E-state index contributed by atoms with van der Waals surface area (Å²) in [4.78, 5) is 8.09. The number of benzene rings is 3. The number of furan rings is 1. The van der Waals surface area contributed by atoms with E-state index in [1.807, 2.05) is 30.7 Å². The second-order valence-corrected chi connectivity index (χ2v) is 6.53. The van der Waals surface area contributed by atoms with Crippen LogP contribution >= 0.6 is 0 Å². The summed E-state index contributed by atoms with van der Waals surface area (Å²) < 4.78 is 6.08. The van der Waals surface area contributed by atoms with Crippen molar-refractivity contribution >= 4 is 43.5 Å². The first-order valence-corrected chi connectivity index (χ1v) is 8.65. The van der Waals surface area contributed by atoms with Crippen LogP contribution in [0.2, 0.25) is 0 Å². The van der Waals surface area contributed by atoms with E-state index in [2.05, 4.69) is 58.5 Å². The van der Waals surface area contributed by atoms with Gasteiger partial charge < -0.3 is 9.40 Å². The van der Waals surface area contributed by atoms with Crippen molar-refractivity contribution in [2.45, 2.75) is 0 Å². The minimum Gasteiger partial charge on any atom is -0.461 e. The molecule has 0 spiro atoms. The molecule has 0 aliphatic heterocycles. The summed E-state index contributed by atoms with van der Waals surface area (Å²) in [7, 11) is 0. The number of aromatic nitrogens is 2. The van der Waals surface area contributed by atoms with Crippen LogP contribution in [0, 0.1) is 0 Å². The van der Waals surface area contributed by atoms with Crippen molar-refractivity contribution in [2.24, 2.45) is 0 Å². The zero-order valence-corrected chi connectivity index (χ0v) is 13.9. The van der Waals surface area contributed by atoms with Crippen molar-refractivity contribution in [3.05, 3.63) is 79.2 Å². The fraction of sp³-hybridized carbons (Fsp3) is 0. The van der Waals surface area contributed by atoms with Gasteiger partial charge in [-0.2, -0.15) is 0 Å². The van der Waals surface area contributed by atoms with Crippen molar-refractivity contribution in [1.29, 1.82) is 0 Å². The van der Waals surface area contributed by atoms with Crippen LogP contribution < -0.4 is 0 Å². The maximum atomic E-state index is 6.08. The standard InChI is InChI=1S/C23H14N2O/c1-2-8-15-14(7-1)20-16-9-3-4-11-19(16)25-22(20)23-21(15)17(13-26-23)18-10-5-6-12-24-18/h1-13,25H. The Kier molecular flexibility index (Phi) is 2.61. The summed E-state index contributed by atoms with van der Waals surface area (Å²) in [6.45, 7) is 0. The predicted octanol–water partition coefficient (Wildman–Crippen LogP) is 6.28. The van der Waals surface area contributed by atoms with Gasteiger partial charge in [-0.25, -0.2) is 0 Å². The van der Waals surface area contributed by atoms with Gasteiger partial charge in [0.25, 0.3) is 0 Å². The molecule has 3 aromatic carbocycles. The molecule has 0 amide bonds. The molecule has 1 N–H and O–H groups in total. The number of nitrogens with one attached hydrogen (secondary N) is 1. The zero-order valence-electron chi connectivity index (χ0n) is 13.9. The first-order valence-electron chi connectivity index (χ1n) is 8.65. The predicted molar refractivity (Wildman–Crippen MR) is 106 cm³/mol. The number of hydrogen-bond donors (Lipinski definition) is 1. The van der Waals surface area contributed by atoms with E-state index in [0.717, 1.165) is 33.3 Å². The highest BCUT2D eigenvalue weighted by Gasteiger charge is 2.19. The number of aromatic amines is 1. The minimum absolute atomic E-state index is 0.885. The largest absolute Gasteiger partial charge is 0.461 e. The van der Waals surface area contributed by atoms with Gasteiger partial charge in [0.15, 0.2) is 5.58 Å². The average Bonchev–Trinajstić information content (AvgIpc) is 3.31. The molecular weight excluding hydrogens is 320 g/mol. The van der Waals surface area contributed by atoms with E-state index in [4.69, 9.17) is 4.42 Å². The summed E-state index contributed by atoms with van der Waals surface area (Å²) in [5.74, 6) is 0. The van der Waals surface area contributed by atoms with Crippen molar-refractivity contribution in [1.82, 2.24) is 9.97 Å². The lowest BCUT2D eigenvalue weighted by Crippen LogP contribution is -1.83. The second-order valence-electron chi connectivity index (χ2n) is 6.53. The molecule has 0 radical (unpaired) electrons. The molecule has 3 nitrogen and oxygen atoms in total. The van der Waals surface area contributed by atoms with Crippen LogP contribution in [0.25, 0.3) is 54.8 Å². The number of nitrogens with zero attached hydrogens (tertiary/aromatic N) is 1. The SMILES string of the molecule is c1ccc(-c2coc3c4[nH]c5ccccc5c4c4ccccc4c23)nc1. The van der Waals surface area contributed by atoms with E-state index in [1.54, 1.807) is 0 Å². The molecule has 3 aromatic heterocycles. The van der Waals surface area contributed by atoms with E-state index in [1.165, 1.54) is 21.5 Å². The molecule has 0 atom stereocenters. The molecule has 3 heterocycles. The molecule has 122 valence electrons. The molecule has 0 saturated heterocycles. The lowest BCUT2D eigenvalue weighted by molar-refractivity contribution is 0.619. The highest BCUT2D eigenvalue weighted by atomic mass is 16.3. The number of para-hydroxylation sites is 1. The fourth-order valence-corrected chi connectivity index (χ4v) is 4.03. The Morgan fingerprint density at radius 1 is 0.731 bits per heavy atom. The summed E-state index contributed by atoms with van der Waals surface area (Å²) in [6, 6.07) is 22.9. The van der Waals surface area contributed by atoms with Crippen LogP contribution in [0.4, 0.5) is 0 Å². The fourth-order valence-electron chi connectivity index (χ4n) is 4.03. The quantitative estimate of drug-likeness (QED) is 0.384. The topological polar surface area (TPSA) is 41.8 Å². The Morgan fingerprint density at radius 2 is 1.46 bits per heavy atom. The molecule has 0 fully saturated rings. The smallest absolute Gasteiger partial charge is 0.159 e. The van der Waals surface area contributed by atoms with E-state index in [9.17, 15) is 0 Å². The van der Waals surface area contributed by atoms with Crippen molar-refractivity contribution in [3.8, 4) is 11.3 Å². The van der Waals surface area contributed by atoms with Crippen LogP contribution in [0.1, 0.15) is 0 Å². The molecule has 26 heavy (non-hydrogen) atoms. The van der Waals surface area contributed by atoms with E-state index < -0.39 is 0 Å². The number of H-pyrrole nitrogens is 1. The minimum atomic E-state index is 0.885. The Hall–Kier alpha value is -3.59.